The van der Waals surface area contributed by atoms with Crippen molar-refractivity contribution in [3.63, 3.8) is 0 Å². The molecule has 1 saturated heterocycles. The van der Waals surface area contributed by atoms with E-state index in [1.807, 2.05) is 66.9 Å². The van der Waals surface area contributed by atoms with Crippen LogP contribution in [0.25, 0.3) is 22.0 Å². The molecule has 2 N–H and O–H groups in total. The Balaban J connectivity index is 1.50. The van der Waals surface area contributed by atoms with E-state index >= 15 is 0 Å². The van der Waals surface area contributed by atoms with Crippen LogP contribution < -0.4 is 15.5 Å². The van der Waals surface area contributed by atoms with Gasteiger partial charge in [0.2, 0.25) is 11.9 Å². The predicted molar refractivity (Wildman–Crippen MR) is 137 cm³/mol. The van der Waals surface area contributed by atoms with Crippen LogP contribution in [0.5, 0.6) is 0 Å². The smallest absolute Gasteiger partial charge is 0.247 e. The van der Waals surface area contributed by atoms with Crippen molar-refractivity contribution in [3.8, 4) is 11.1 Å². The Morgan fingerprint density at radius 3 is 2.71 bits per heavy atom. The summed E-state index contributed by atoms with van der Waals surface area (Å²) in [6, 6.07) is 21.9. The molecular weight excluding hydrogens is 426 g/mol. The van der Waals surface area contributed by atoms with Crippen molar-refractivity contribution in [2.24, 2.45) is 0 Å². The van der Waals surface area contributed by atoms with E-state index in [1.165, 1.54) is 6.08 Å². The van der Waals surface area contributed by atoms with Gasteiger partial charge in [-0.1, -0.05) is 49.0 Å². The van der Waals surface area contributed by atoms with Gasteiger partial charge in [-0.05, 0) is 35.9 Å². The number of rotatable bonds is 6. The predicted octanol–water partition coefficient (Wildman–Crippen LogP) is 5.00. The lowest BCUT2D eigenvalue weighted by molar-refractivity contribution is -0.111. The van der Waals surface area contributed by atoms with Crippen molar-refractivity contribution < 1.29 is 9.53 Å². The van der Waals surface area contributed by atoms with Crippen molar-refractivity contribution >= 4 is 39.8 Å². The molecule has 3 aromatic carbocycles. The van der Waals surface area contributed by atoms with Gasteiger partial charge in [-0.3, -0.25) is 4.79 Å². The second-order valence-electron chi connectivity index (χ2n) is 7.95. The van der Waals surface area contributed by atoms with Crippen LogP contribution >= 0.6 is 0 Å². The number of benzene rings is 3. The average molecular weight is 452 g/mol. The van der Waals surface area contributed by atoms with Gasteiger partial charge >= 0.3 is 0 Å². The second-order valence-corrected chi connectivity index (χ2v) is 7.95. The van der Waals surface area contributed by atoms with Gasteiger partial charge in [-0.25, -0.2) is 9.97 Å². The number of fused-ring (bicyclic) bond motifs is 1. The largest absolute Gasteiger partial charge is 0.378 e. The summed E-state index contributed by atoms with van der Waals surface area (Å²) in [6.45, 7) is 6.65. The zero-order valence-electron chi connectivity index (χ0n) is 18.7. The maximum Gasteiger partial charge on any atom is 0.247 e. The minimum absolute atomic E-state index is 0.247. The molecule has 1 aromatic heterocycles. The molecule has 0 radical (unpaired) electrons. The minimum Gasteiger partial charge on any atom is -0.378 e. The highest BCUT2D eigenvalue weighted by molar-refractivity contribution is 6.00. The highest BCUT2D eigenvalue weighted by Gasteiger charge is 2.15. The summed E-state index contributed by atoms with van der Waals surface area (Å²) < 4.78 is 5.50. The molecule has 34 heavy (non-hydrogen) atoms. The molecule has 5 rings (SSSR count). The molecule has 1 amide bonds. The highest BCUT2D eigenvalue weighted by atomic mass is 16.5. The number of nitrogens with one attached hydrogen (secondary N) is 2. The number of hydrogen-bond acceptors (Lipinski definition) is 6. The molecule has 0 aliphatic carbocycles. The van der Waals surface area contributed by atoms with Gasteiger partial charge < -0.3 is 20.3 Å². The molecule has 170 valence electrons. The van der Waals surface area contributed by atoms with Crippen LogP contribution in [-0.4, -0.2) is 42.2 Å². The Kier molecular flexibility index (Phi) is 6.18. The molecule has 1 aliphatic rings. The van der Waals surface area contributed by atoms with E-state index in [1.54, 1.807) is 0 Å². The van der Waals surface area contributed by atoms with E-state index in [9.17, 15) is 4.79 Å². The van der Waals surface area contributed by atoms with Crippen molar-refractivity contribution in [3.05, 3.63) is 85.6 Å². The molecule has 0 spiro atoms. The third kappa shape index (κ3) is 4.60. The second kappa shape index (κ2) is 9.72. The number of amides is 1. The average Bonchev–Trinajstić information content (AvgIpc) is 2.89. The van der Waals surface area contributed by atoms with Gasteiger partial charge in [0.1, 0.15) is 0 Å². The molecule has 7 nitrogen and oxygen atoms in total. The first-order valence-corrected chi connectivity index (χ1v) is 11.2. The van der Waals surface area contributed by atoms with Gasteiger partial charge in [-0.2, -0.15) is 0 Å². The summed E-state index contributed by atoms with van der Waals surface area (Å²) >= 11 is 0. The maximum absolute atomic E-state index is 11.7. The highest BCUT2D eigenvalue weighted by Crippen LogP contribution is 2.32. The van der Waals surface area contributed by atoms with Gasteiger partial charge in [-0.15, -0.1) is 0 Å². The van der Waals surface area contributed by atoms with E-state index in [-0.39, 0.29) is 5.91 Å². The van der Waals surface area contributed by atoms with Crippen LogP contribution in [0, 0.1) is 0 Å². The molecule has 7 heteroatoms. The van der Waals surface area contributed by atoms with Crippen molar-refractivity contribution in [2.75, 3.05) is 41.8 Å². The fourth-order valence-corrected chi connectivity index (χ4v) is 4.09. The maximum atomic E-state index is 11.7. The van der Waals surface area contributed by atoms with Gasteiger partial charge in [0.25, 0.3) is 0 Å². The van der Waals surface area contributed by atoms with E-state index in [2.05, 4.69) is 33.2 Å². The van der Waals surface area contributed by atoms with E-state index in [4.69, 9.17) is 9.72 Å². The number of morpholine rings is 1. The number of ether oxygens (including phenoxy) is 1. The number of carbonyl (C=O) groups is 1. The van der Waals surface area contributed by atoms with Crippen LogP contribution in [0.15, 0.2) is 85.6 Å². The Labute approximate surface area is 198 Å². The van der Waals surface area contributed by atoms with Crippen molar-refractivity contribution in [1.82, 2.24) is 9.97 Å². The van der Waals surface area contributed by atoms with E-state index in [0.717, 1.165) is 59.7 Å². The topological polar surface area (TPSA) is 79.4 Å². The van der Waals surface area contributed by atoms with Crippen LogP contribution in [0.1, 0.15) is 0 Å². The Hall–Kier alpha value is -4.23. The first-order valence-electron chi connectivity index (χ1n) is 11.2. The summed E-state index contributed by atoms with van der Waals surface area (Å²) in [5, 5.41) is 7.16. The van der Waals surface area contributed by atoms with Crippen LogP contribution in [-0.2, 0) is 9.53 Å². The van der Waals surface area contributed by atoms with Gasteiger partial charge in [0, 0.05) is 35.9 Å². The lowest BCUT2D eigenvalue weighted by Gasteiger charge is -2.30. The van der Waals surface area contributed by atoms with Gasteiger partial charge in [0.05, 0.1) is 30.1 Å². The fraction of sp³-hybridized carbons (Fsp3) is 0.148. The zero-order chi connectivity index (χ0) is 23.3. The summed E-state index contributed by atoms with van der Waals surface area (Å²) in [4.78, 5) is 23.5. The van der Waals surface area contributed by atoms with Crippen LogP contribution in [0.3, 0.4) is 0 Å². The third-order valence-electron chi connectivity index (χ3n) is 5.74. The molecule has 0 unspecified atom stereocenters. The van der Waals surface area contributed by atoms with Crippen molar-refractivity contribution in [2.45, 2.75) is 0 Å². The number of aromatic nitrogens is 2. The number of para-hydroxylation sites is 3. The lowest BCUT2D eigenvalue weighted by atomic mass is 10.0. The Morgan fingerprint density at radius 1 is 1.03 bits per heavy atom. The standard InChI is InChI=1S/C27H25N5O2/c1-2-25(33)29-21-9-5-7-19(17-21)22-10-6-8-20-18-28-27(31-26(20)22)30-23-11-3-4-12-24(23)32-13-15-34-16-14-32/h2-12,17-18H,1,13-16H2,(H,29,33)(H,28,30,31). The normalized spacial score (nSPS) is 13.5. The monoisotopic (exact) mass is 451 g/mol. The zero-order valence-corrected chi connectivity index (χ0v) is 18.7. The molecule has 4 aromatic rings. The van der Waals surface area contributed by atoms with E-state index < -0.39 is 0 Å². The number of nitrogens with zero attached hydrogens (tertiary/aromatic N) is 3. The quantitative estimate of drug-likeness (QED) is 0.402. The summed E-state index contributed by atoms with van der Waals surface area (Å²) in [7, 11) is 0. The SMILES string of the molecule is C=CC(=O)Nc1cccc(-c2cccc3cnc(Nc4ccccc4N4CCOCC4)nc23)c1. The Morgan fingerprint density at radius 2 is 1.85 bits per heavy atom. The van der Waals surface area contributed by atoms with E-state index in [0.29, 0.717) is 11.6 Å². The molecule has 1 aliphatic heterocycles. The fourth-order valence-electron chi connectivity index (χ4n) is 4.09. The third-order valence-corrected chi connectivity index (χ3v) is 5.74. The first-order chi connectivity index (χ1) is 16.7. The summed E-state index contributed by atoms with van der Waals surface area (Å²) in [5.74, 6) is 0.277. The lowest BCUT2D eigenvalue weighted by Crippen LogP contribution is -2.36. The number of carbonyl (C=O) groups excluding carboxylic acids is 1. The molecular formula is C27H25N5O2. The van der Waals surface area contributed by atoms with Crippen LogP contribution in [0.2, 0.25) is 0 Å². The van der Waals surface area contributed by atoms with Crippen LogP contribution in [0.4, 0.5) is 23.0 Å². The number of anilines is 4. The number of hydrogen-bond donors (Lipinski definition) is 2. The summed E-state index contributed by atoms with van der Waals surface area (Å²) in [5.41, 5.74) is 5.50. The van der Waals surface area contributed by atoms with Crippen molar-refractivity contribution in [1.29, 1.82) is 0 Å². The molecule has 0 bridgehead atoms. The summed E-state index contributed by atoms with van der Waals surface area (Å²) in [6.07, 6.45) is 3.08. The molecule has 2 heterocycles. The minimum atomic E-state index is -0.247. The molecule has 1 fully saturated rings. The molecule has 0 atom stereocenters. The molecule has 0 saturated carbocycles. The van der Waals surface area contributed by atoms with Gasteiger partial charge in [0.15, 0.2) is 0 Å². The first kappa shape index (κ1) is 21.6. The Bertz CT molecular complexity index is 1350.